The van der Waals surface area contributed by atoms with Crippen molar-refractivity contribution >= 4 is 17.7 Å². The highest BCUT2D eigenvalue weighted by Gasteiger charge is 2.32. The highest BCUT2D eigenvalue weighted by atomic mass is 19.1. The molecule has 7 heteroatoms. The maximum atomic E-state index is 14.6. The van der Waals surface area contributed by atoms with E-state index in [1.54, 1.807) is 19.9 Å². The predicted molar refractivity (Wildman–Crippen MR) is 114 cm³/mol. The Balaban J connectivity index is 2.05. The number of hydrogen-bond donors (Lipinski definition) is 1. The summed E-state index contributed by atoms with van der Waals surface area (Å²) in [6.45, 7) is 3.56. The van der Waals surface area contributed by atoms with Crippen molar-refractivity contribution in [2.75, 3.05) is 13.7 Å². The minimum absolute atomic E-state index is 0.0283. The molecule has 0 aliphatic rings. The monoisotopic (exact) mass is 422 g/mol. The van der Waals surface area contributed by atoms with Crippen molar-refractivity contribution in [2.24, 2.45) is 0 Å². The fourth-order valence-electron chi connectivity index (χ4n) is 3.40. The number of aryl methyl sites for hydroxylation is 1. The maximum absolute atomic E-state index is 14.6. The van der Waals surface area contributed by atoms with Gasteiger partial charge in [0, 0.05) is 30.4 Å². The van der Waals surface area contributed by atoms with E-state index in [1.807, 2.05) is 30.3 Å². The third-order valence-electron chi connectivity index (χ3n) is 4.84. The van der Waals surface area contributed by atoms with Gasteiger partial charge in [0.1, 0.15) is 11.5 Å². The molecule has 0 bridgehead atoms. The number of esters is 1. The van der Waals surface area contributed by atoms with Gasteiger partial charge < -0.3 is 14.6 Å². The normalized spacial score (nSPS) is 10.6. The van der Waals surface area contributed by atoms with Crippen LogP contribution in [0.3, 0.4) is 0 Å². The molecule has 0 unspecified atom stereocenters. The van der Waals surface area contributed by atoms with Gasteiger partial charge in [-0.2, -0.15) is 0 Å². The number of halogens is 1. The molecule has 0 aliphatic carbocycles. The van der Waals surface area contributed by atoms with Crippen LogP contribution >= 0.6 is 0 Å². The molecule has 6 nitrogen and oxygen atoms in total. The second-order valence-corrected chi connectivity index (χ2v) is 7.05. The van der Waals surface area contributed by atoms with Crippen LogP contribution in [-0.4, -0.2) is 41.2 Å². The molecule has 0 saturated heterocycles. The van der Waals surface area contributed by atoms with Crippen LogP contribution in [0.1, 0.15) is 39.0 Å². The first-order valence-electron chi connectivity index (χ1n) is 9.83. The predicted octanol–water partition coefficient (Wildman–Crippen LogP) is 4.15. The highest BCUT2D eigenvalue weighted by molar-refractivity contribution is 6.43. The molecule has 0 atom stereocenters. The molecule has 1 amide bonds. The Kier molecular flexibility index (Phi) is 6.65. The Morgan fingerprint density at radius 3 is 2.32 bits per heavy atom. The Hall–Kier alpha value is -3.74. The van der Waals surface area contributed by atoms with Crippen LogP contribution in [-0.2, 0) is 16.1 Å². The van der Waals surface area contributed by atoms with Crippen molar-refractivity contribution in [1.82, 2.24) is 9.88 Å². The second kappa shape index (κ2) is 9.38. The SMILES string of the molecule is CCOC(=O)c1c(C)[nH]c(C(=O)C(=O)N(C)Cc2ccccc2)c1-c1ccccc1F. The van der Waals surface area contributed by atoms with E-state index in [2.05, 4.69) is 4.98 Å². The van der Waals surface area contributed by atoms with Crippen LogP contribution in [0.15, 0.2) is 54.6 Å². The number of likely N-dealkylation sites (N-methyl/N-ethyl adjacent to an activating group) is 1. The summed E-state index contributed by atoms with van der Waals surface area (Å²) in [5, 5.41) is 0. The summed E-state index contributed by atoms with van der Waals surface area (Å²) in [5.74, 6) is -2.96. The quantitative estimate of drug-likeness (QED) is 0.352. The summed E-state index contributed by atoms with van der Waals surface area (Å²) in [5.41, 5.74) is 1.13. The molecule has 0 spiro atoms. The molecule has 2 aromatic carbocycles. The van der Waals surface area contributed by atoms with E-state index in [4.69, 9.17) is 4.74 Å². The van der Waals surface area contributed by atoms with Crippen molar-refractivity contribution in [3.05, 3.63) is 82.9 Å². The minimum atomic E-state index is -0.865. The zero-order chi connectivity index (χ0) is 22.5. The number of Topliss-reactive ketones (excluding diaryl/α,β-unsaturated/α-hetero) is 1. The van der Waals surface area contributed by atoms with Crippen molar-refractivity contribution in [2.45, 2.75) is 20.4 Å². The lowest BCUT2D eigenvalue weighted by Crippen LogP contribution is -2.33. The van der Waals surface area contributed by atoms with Gasteiger partial charge in [0.2, 0.25) is 0 Å². The fourth-order valence-corrected chi connectivity index (χ4v) is 3.40. The number of aromatic nitrogens is 1. The zero-order valence-corrected chi connectivity index (χ0v) is 17.6. The molecule has 1 N–H and O–H groups in total. The number of nitrogens with zero attached hydrogens (tertiary/aromatic N) is 1. The number of hydrogen-bond acceptors (Lipinski definition) is 4. The molecule has 3 aromatic rings. The molecule has 0 aliphatic heterocycles. The molecule has 31 heavy (non-hydrogen) atoms. The van der Waals surface area contributed by atoms with Crippen LogP contribution < -0.4 is 0 Å². The molecule has 0 fully saturated rings. The van der Waals surface area contributed by atoms with Crippen LogP contribution in [0.25, 0.3) is 11.1 Å². The third kappa shape index (κ3) is 4.55. The molecule has 1 heterocycles. The Bertz CT molecular complexity index is 1120. The maximum Gasteiger partial charge on any atom is 0.340 e. The van der Waals surface area contributed by atoms with Gasteiger partial charge in [-0.1, -0.05) is 48.5 Å². The van der Waals surface area contributed by atoms with E-state index in [9.17, 15) is 18.8 Å². The second-order valence-electron chi connectivity index (χ2n) is 7.05. The molecule has 1 aromatic heterocycles. The molecule has 0 radical (unpaired) electrons. The lowest BCUT2D eigenvalue weighted by Gasteiger charge is -2.16. The first-order valence-corrected chi connectivity index (χ1v) is 9.83. The largest absolute Gasteiger partial charge is 0.462 e. The van der Waals surface area contributed by atoms with E-state index in [0.29, 0.717) is 5.69 Å². The van der Waals surface area contributed by atoms with Gasteiger partial charge in [0.25, 0.3) is 11.7 Å². The van der Waals surface area contributed by atoms with E-state index in [1.165, 1.54) is 30.1 Å². The van der Waals surface area contributed by atoms with Gasteiger partial charge in [-0.15, -0.1) is 0 Å². The van der Waals surface area contributed by atoms with Gasteiger partial charge in [-0.25, -0.2) is 9.18 Å². The zero-order valence-electron chi connectivity index (χ0n) is 17.6. The summed E-state index contributed by atoms with van der Waals surface area (Å²) < 4.78 is 19.7. The van der Waals surface area contributed by atoms with Crippen molar-refractivity contribution < 1.29 is 23.5 Å². The summed E-state index contributed by atoms with van der Waals surface area (Å²) in [6, 6.07) is 15.0. The Labute approximate surface area is 179 Å². The lowest BCUT2D eigenvalue weighted by atomic mass is 9.97. The number of ether oxygens (including phenoxy) is 1. The number of amides is 1. The van der Waals surface area contributed by atoms with Crippen molar-refractivity contribution in [1.29, 1.82) is 0 Å². The van der Waals surface area contributed by atoms with E-state index < -0.39 is 23.5 Å². The fraction of sp³-hybridized carbons (Fsp3) is 0.208. The van der Waals surface area contributed by atoms with Crippen LogP contribution in [0.5, 0.6) is 0 Å². The average molecular weight is 422 g/mol. The topological polar surface area (TPSA) is 79.5 Å². The summed E-state index contributed by atoms with van der Waals surface area (Å²) in [7, 11) is 1.51. The summed E-state index contributed by atoms with van der Waals surface area (Å²) in [6.07, 6.45) is 0. The number of nitrogens with one attached hydrogen (secondary N) is 1. The minimum Gasteiger partial charge on any atom is -0.462 e. The van der Waals surface area contributed by atoms with Crippen LogP contribution in [0.4, 0.5) is 4.39 Å². The van der Waals surface area contributed by atoms with E-state index in [0.717, 1.165) is 5.56 Å². The number of benzene rings is 2. The standard InChI is InChI=1S/C24H23FN2O4/c1-4-31-24(30)19-15(2)26-21(20(19)17-12-8-9-13-18(17)25)22(28)23(29)27(3)14-16-10-6-5-7-11-16/h5-13,26H,4,14H2,1-3H3. The molecule has 3 rings (SSSR count). The molecular formula is C24H23FN2O4. The van der Waals surface area contributed by atoms with Crippen LogP contribution in [0.2, 0.25) is 0 Å². The first-order chi connectivity index (χ1) is 14.8. The Morgan fingerprint density at radius 1 is 1.03 bits per heavy atom. The number of carbonyl (C=O) groups is 3. The molecular weight excluding hydrogens is 399 g/mol. The number of ketones is 1. The smallest absolute Gasteiger partial charge is 0.340 e. The summed E-state index contributed by atoms with van der Waals surface area (Å²) >= 11 is 0. The van der Waals surface area contributed by atoms with Crippen molar-refractivity contribution in [3.63, 3.8) is 0 Å². The van der Waals surface area contributed by atoms with E-state index in [-0.39, 0.29) is 35.5 Å². The number of aromatic amines is 1. The number of H-pyrrole nitrogens is 1. The van der Waals surface area contributed by atoms with Gasteiger partial charge in [0.15, 0.2) is 0 Å². The van der Waals surface area contributed by atoms with E-state index >= 15 is 0 Å². The highest BCUT2D eigenvalue weighted by Crippen LogP contribution is 2.33. The molecule has 160 valence electrons. The van der Waals surface area contributed by atoms with Gasteiger partial charge in [-0.3, -0.25) is 9.59 Å². The Morgan fingerprint density at radius 2 is 1.68 bits per heavy atom. The first kappa shape index (κ1) is 22.0. The average Bonchev–Trinajstić information content (AvgIpc) is 3.10. The summed E-state index contributed by atoms with van der Waals surface area (Å²) in [4.78, 5) is 42.7. The van der Waals surface area contributed by atoms with Gasteiger partial charge in [-0.05, 0) is 25.5 Å². The number of carbonyl (C=O) groups excluding carboxylic acids is 3. The van der Waals surface area contributed by atoms with Gasteiger partial charge >= 0.3 is 5.97 Å². The van der Waals surface area contributed by atoms with Crippen molar-refractivity contribution in [3.8, 4) is 11.1 Å². The van der Waals surface area contributed by atoms with Crippen LogP contribution in [0, 0.1) is 12.7 Å². The number of rotatable bonds is 7. The molecule has 0 saturated carbocycles. The van der Waals surface area contributed by atoms with Gasteiger partial charge in [0.05, 0.1) is 12.2 Å². The lowest BCUT2D eigenvalue weighted by molar-refractivity contribution is -0.125. The third-order valence-corrected chi connectivity index (χ3v) is 4.84.